The van der Waals surface area contributed by atoms with Gasteiger partial charge in [-0.25, -0.2) is 5.43 Å². The fourth-order valence-electron chi connectivity index (χ4n) is 2.72. The third kappa shape index (κ3) is 6.76. The second kappa shape index (κ2) is 10.9. The Kier molecular flexibility index (Phi) is 9.29. The molecule has 3 atom stereocenters. The van der Waals surface area contributed by atoms with Crippen molar-refractivity contribution in [3.8, 4) is 0 Å². The molecule has 3 N–H and O–H groups in total. The van der Waals surface area contributed by atoms with Crippen LogP contribution >= 0.6 is 0 Å². The number of carboxylic acid groups (broad SMARTS) is 1. The molecule has 0 aliphatic carbocycles. The third-order valence-electron chi connectivity index (χ3n) is 4.19. The van der Waals surface area contributed by atoms with Crippen LogP contribution in [0.3, 0.4) is 0 Å². The van der Waals surface area contributed by atoms with Gasteiger partial charge in [0.25, 0.3) is 5.91 Å². The van der Waals surface area contributed by atoms with Gasteiger partial charge in [0.05, 0.1) is 0 Å². The number of amides is 2. The van der Waals surface area contributed by atoms with E-state index in [1.54, 1.807) is 13.0 Å². The lowest BCUT2D eigenvalue weighted by Gasteiger charge is -2.34. The molecular weight excluding hydrogens is 338 g/mol. The molecule has 148 valence electrons. The first-order chi connectivity index (χ1) is 12.3. The van der Waals surface area contributed by atoms with Crippen LogP contribution < -0.4 is 10.7 Å². The molecule has 0 aromatic rings. The minimum absolute atomic E-state index is 0.0365. The highest BCUT2D eigenvalue weighted by atomic mass is 16.5. The highest BCUT2D eigenvalue weighted by Crippen LogP contribution is 2.11. The average Bonchev–Trinajstić information content (AvgIpc) is 2.60. The molecule has 8 heteroatoms. The second-order valence-electron chi connectivity index (χ2n) is 6.85. The number of aliphatic carboxylic acids is 1. The number of rotatable bonds is 10. The lowest BCUT2D eigenvalue weighted by atomic mass is 10.1. The Morgan fingerprint density at radius 2 is 2.08 bits per heavy atom. The summed E-state index contributed by atoms with van der Waals surface area (Å²) in [5.74, 6) is -1.73. The zero-order valence-electron chi connectivity index (χ0n) is 15.9. The second-order valence-corrected chi connectivity index (χ2v) is 6.85. The molecule has 1 aliphatic rings. The molecule has 0 saturated carbocycles. The van der Waals surface area contributed by atoms with Crippen molar-refractivity contribution in [2.75, 3.05) is 13.2 Å². The van der Waals surface area contributed by atoms with Gasteiger partial charge in [-0.1, -0.05) is 19.9 Å². The number of ether oxygens (including phenoxy) is 1. The Morgan fingerprint density at radius 3 is 2.65 bits per heavy atom. The zero-order valence-corrected chi connectivity index (χ0v) is 15.9. The van der Waals surface area contributed by atoms with E-state index in [0.717, 1.165) is 12.8 Å². The van der Waals surface area contributed by atoms with Gasteiger partial charge < -0.3 is 15.2 Å². The number of unbranched alkanes of at least 4 members (excludes halogenated alkanes) is 1. The number of carboxylic acids is 1. The van der Waals surface area contributed by atoms with Crippen LogP contribution in [0.25, 0.3) is 0 Å². The van der Waals surface area contributed by atoms with Crippen molar-refractivity contribution < 1.29 is 24.2 Å². The van der Waals surface area contributed by atoms with Crippen molar-refractivity contribution >= 4 is 17.8 Å². The predicted molar refractivity (Wildman–Crippen MR) is 97.1 cm³/mol. The molecule has 1 rings (SSSR count). The summed E-state index contributed by atoms with van der Waals surface area (Å²) >= 11 is 0. The van der Waals surface area contributed by atoms with Gasteiger partial charge in [-0.05, 0) is 38.5 Å². The molecule has 8 nitrogen and oxygen atoms in total. The van der Waals surface area contributed by atoms with Crippen molar-refractivity contribution in [1.82, 2.24) is 15.8 Å². The molecular formula is C18H31N3O5. The van der Waals surface area contributed by atoms with E-state index in [1.807, 2.05) is 13.8 Å². The number of nitrogens with one attached hydrogen (secondary N) is 2. The quantitative estimate of drug-likeness (QED) is 0.393. The number of carbonyl (C=O) groups is 3. The number of nitrogens with zero attached hydrogens (tertiary/aromatic N) is 1. The minimum Gasteiger partial charge on any atom is -0.480 e. The Bertz CT molecular complexity index is 509. The topological polar surface area (TPSA) is 108 Å². The number of carbonyl (C=O) groups excluding carboxylic acids is 2. The highest BCUT2D eigenvalue weighted by Gasteiger charge is 2.32. The SMILES string of the molecule is C=CCCCO[C@H](C(=O)N[C@@H](C)C(=O)N1CCC[C@@H](C(=O)O)N1)C(C)C. The summed E-state index contributed by atoms with van der Waals surface area (Å²) in [6, 6.07) is -1.56. The van der Waals surface area contributed by atoms with Crippen LogP contribution in [0.1, 0.15) is 46.5 Å². The van der Waals surface area contributed by atoms with E-state index in [-0.39, 0.29) is 17.7 Å². The molecule has 1 fully saturated rings. The first kappa shape index (κ1) is 22.1. The van der Waals surface area contributed by atoms with Gasteiger partial charge in [0.1, 0.15) is 18.2 Å². The minimum atomic E-state index is -0.994. The maximum atomic E-state index is 12.5. The first-order valence-electron chi connectivity index (χ1n) is 9.11. The van der Waals surface area contributed by atoms with Crippen LogP contribution in [-0.2, 0) is 19.1 Å². The number of hydrogen-bond acceptors (Lipinski definition) is 5. The van der Waals surface area contributed by atoms with Gasteiger partial charge in [-0.3, -0.25) is 19.4 Å². The van der Waals surface area contributed by atoms with Crippen molar-refractivity contribution in [3.05, 3.63) is 12.7 Å². The van der Waals surface area contributed by atoms with E-state index in [9.17, 15) is 14.4 Å². The number of hydrogen-bond donors (Lipinski definition) is 3. The zero-order chi connectivity index (χ0) is 19.7. The standard InChI is InChI=1S/C18H31N3O5/c1-5-6-7-11-26-15(12(2)3)16(22)19-13(4)17(23)21-10-8-9-14(20-21)18(24)25/h5,12-15,20H,1,6-11H2,2-4H3,(H,19,22)(H,24,25)/t13-,14-,15-/m0/s1. The summed E-state index contributed by atoms with van der Waals surface area (Å²) in [6.45, 7) is 9.85. The molecule has 0 unspecified atom stereocenters. The summed E-state index contributed by atoms with van der Waals surface area (Å²) in [7, 11) is 0. The molecule has 26 heavy (non-hydrogen) atoms. The predicted octanol–water partition coefficient (Wildman–Crippen LogP) is 1.08. The van der Waals surface area contributed by atoms with Gasteiger partial charge in [0, 0.05) is 13.2 Å². The van der Waals surface area contributed by atoms with Gasteiger partial charge in [-0.15, -0.1) is 6.58 Å². The molecule has 1 heterocycles. The van der Waals surface area contributed by atoms with Crippen LogP contribution in [0.4, 0.5) is 0 Å². The summed E-state index contributed by atoms with van der Waals surface area (Å²) < 4.78 is 5.66. The first-order valence-corrected chi connectivity index (χ1v) is 9.11. The maximum Gasteiger partial charge on any atom is 0.322 e. The smallest absolute Gasteiger partial charge is 0.322 e. The van der Waals surface area contributed by atoms with Crippen molar-refractivity contribution in [2.24, 2.45) is 5.92 Å². The monoisotopic (exact) mass is 369 g/mol. The summed E-state index contributed by atoms with van der Waals surface area (Å²) in [6.07, 6.45) is 3.81. The van der Waals surface area contributed by atoms with E-state index < -0.39 is 24.2 Å². The van der Waals surface area contributed by atoms with Gasteiger partial charge in [-0.2, -0.15) is 0 Å². The summed E-state index contributed by atoms with van der Waals surface area (Å²) in [5.41, 5.74) is 2.70. The van der Waals surface area contributed by atoms with E-state index >= 15 is 0 Å². The Morgan fingerprint density at radius 1 is 1.38 bits per heavy atom. The Balaban J connectivity index is 2.58. The summed E-state index contributed by atoms with van der Waals surface area (Å²) in [4.78, 5) is 36.1. The number of allylic oxidation sites excluding steroid dienone is 1. The van der Waals surface area contributed by atoms with E-state index in [0.29, 0.717) is 26.0 Å². The normalized spacial score (nSPS) is 19.7. The average molecular weight is 369 g/mol. The van der Waals surface area contributed by atoms with Crippen molar-refractivity contribution in [1.29, 1.82) is 0 Å². The molecule has 0 spiro atoms. The van der Waals surface area contributed by atoms with E-state index in [4.69, 9.17) is 9.84 Å². The lowest BCUT2D eigenvalue weighted by molar-refractivity contribution is -0.149. The van der Waals surface area contributed by atoms with E-state index in [2.05, 4.69) is 17.3 Å². The lowest BCUT2D eigenvalue weighted by Crippen LogP contribution is -2.59. The van der Waals surface area contributed by atoms with Gasteiger partial charge in [0.15, 0.2) is 0 Å². The molecule has 1 saturated heterocycles. The molecule has 0 bridgehead atoms. The molecule has 0 aromatic carbocycles. The van der Waals surface area contributed by atoms with E-state index in [1.165, 1.54) is 5.01 Å². The van der Waals surface area contributed by atoms with Gasteiger partial charge in [0.2, 0.25) is 5.91 Å². The van der Waals surface area contributed by atoms with Crippen LogP contribution in [0.5, 0.6) is 0 Å². The van der Waals surface area contributed by atoms with Crippen LogP contribution in [0, 0.1) is 5.92 Å². The molecule has 0 radical (unpaired) electrons. The van der Waals surface area contributed by atoms with Crippen molar-refractivity contribution in [2.45, 2.75) is 64.6 Å². The third-order valence-corrected chi connectivity index (χ3v) is 4.19. The van der Waals surface area contributed by atoms with Crippen LogP contribution in [0.15, 0.2) is 12.7 Å². The Labute approximate surface area is 154 Å². The fourth-order valence-corrected chi connectivity index (χ4v) is 2.72. The highest BCUT2D eigenvalue weighted by molar-refractivity contribution is 5.89. The summed E-state index contributed by atoms with van der Waals surface area (Å²) in [5, 5.41) is 13.0. The van der Waals surface area contributed by atoms with Crippen LogP contribution in [-0.4, -0.2) is 59.2 Å². The van der Waals surface area contributed by atoms with Gasteiger partial charge >= 0.3 is 5.97 Å². The molecule has 0 aromatic heterocycles. The number of hydrazine groups is 1. The van der Waals surface area contributed by atoms with Crippen molar-refractivity contribution in [3.63, 3.8) is 0 Å². The maximum absolute atomic E-state index is 12.5. The molecule has 1 aliphatic heterocycles. The Hall–Kier alpha value is -1.93. The molecule has 2 amide bonds. The fraction of sp³-hybridized carbons (Fsp3) is 0.722. The largest absolute Gasteiger partial charge is 0.480 e. The van der Waals surface area contributed by atoms with Crippen LogP contribution in [0.2, 0.25) is 0 Å².